The second-order valence-corrected chi connectivity index (χ2v) is 6.11. The molecule has 0 radical (unpaired) electrons. The van der Waals surface area contributed by atoms with Crippen LogP contribution in [-0.4, -0.2) is 18.6 Å². The average Bonchev–Trinajstić information content (AvgIpc) is 2.76. The van der Waals surface area contributed by atoms with Gasteiger partial charge in [-0.1, -0.05) is 6.92 Å². The van der Waals surface area contributed by atoms with Gasteiger partial charge in [0.25, 0.3) is 0 Å². The van der Waals surface area contributed by atoms with Gasteiger partial charge in [0.05, 0.1) is 9.90 Å². The van der Waals surface area contributed by atoms with Crippen LogP contribution in [-0.2, 0) is 16.4 Å². The van der Waals surface area contributed by atoms with Gasteiger partial charge in [-0.15, -0.1) is 11.3 Å². The summed E-state index contributed by atoms with van der Waals surface area (Å²) in [6.45, 7) is 1.92. The van der Waals surface area contributed by atoms with E-state index in [0.29, 0.717) is 12.1 Å². The number of hydrogen-bond acceptors (Lipinski definition) is 6. The number of rotatable bonds is 4. The third-order valence-electron chi connectivity index (χ3n) is 2.13. The molecule has 0 saturated carbocycles. The number of aromatic nitrogens is 2. The van der Waals surface area contributed by atoms with Crippen LogP contribution < -0.4 is 35.3 Å². The van der Waals surface area contributed by atoms with Gasteiger partial charge in [0.15, 0.2) is 0 Å². The monoisotopic (exact) mass is 306 g/mol. The number of nitrogen functional groups attached to an aromatic ring is 1. The Bertz CT molecular complexity index is 640. The van der Waals surface area contributed by atoms with E-state index >= 15 is 0 Å². The predicted molar refractivity (Wildman–Crippen MR) is 70.3 cm³/mol. The van der Waals surface area contributed by atoms with Gasteiger partial charge in [0.1, 0.15) is 0 Å². The molecule has 1 aromatic heterocycles. The molecular formula is C10H11N4NaO2S2. The van der Waals surface area contributed by atoms with E-state index in [9.17, 15) is 8.42 Å². The van der Waals surface area contributed by atoms with Crippen molar-refractivity contribution in [2.24, 2.45) is 0 Å². The molecule has 0 spiro atoms. The van der Waals surface area contributed by atoms with Crippen molar-refractivity contribution in [1.82, 2.24) is 10.2 Å². The summed E-state index contributed by atoms with van der Waals surface area (Å²) in [4.78, 5) is 0.0879. The van der Waals surface area contributed by atoms with Crippen LogP contribution in [0.1, 0.15) is 11.9 Å². The first-order chi connectivity index (χ1) is 8.51. The molecule has 1 aromatic carbocycles. The Balaban J connectivity index is 0.00000180. The summed E-state index contributed by atoms with van der Waals surface area (Å²) in [5.41, 5.74) is 6.00. The number of anilines is 1. The van der Waals surface area contributed by atoms with Gasteiger partial charge in [-0.3, -0.25) is 5.10 Å². The molecule has 0 aliphatic rings. The summed E-state index contributed by atoms with van der Waals surface area (Å²) in [6.07, 6.45) is 0.703. The molecule has 2 aromatic rings. The van der Waals surface area contributed by atoms with Gasteiger partial charge in [0.2, 0.25) is 10.0 Å². The maximum atomic E-state index is 11.9. The van der Waals surface area contributed by atoms with Crippen molar-refractivity contribution in [3.8, 4) is 0 Å². The number of nitrogens with two attached hydrogens (primary N) is 1. The van der Waals surface area contributed by atoms with E-state index in [-0.39, 0.29) is 39.6 Å². The SMILES string of the molecule is CCc1nnc([N-]S(=O)(=O)c2ccc(N)cc2)s1.[Na+]. The van der Waals surface area contributed by atoms with Crippen LogP contribution in [0.4, 0.5) is 10.8 Å². The molecule has 96 valence electrons. The number of benzene rings is 1. The first-order valence-electron chi connectivity index (χ1n) is 5.17. The standard InChI is InChI=1S/C10H11N4O2S2.Na/c1-2-9-12-13-10(17-9)14-18(15,16)8-5-3-7(11)4-6-8;/h3-6H,2,11H2,1H3;/q-1;+1. The Labute approximate surface area is 137 Å². The normalized spacial score (nSPS) is 10.8. The van der Waals surface area contributed by atoms with Crippen molar-refractivity contribution in [3.63, 3.8) is 0 Å². The Hall–Kier alpha value is -0.670. The molecular weight excluding hydrogens is 295 g/mol. The molecule has 1 heterocycles. The minimum Gasteiger partial charge on any atom is -0.399 e. The van der Waals surface area contributed by atoms with E-state index in [2.05, 4.69) is 14.9 Å². The van der Waals surface area contributed by atoms with Crippen LogP contribution >= 0.6 is 11.3 Å². The van der Waals surface area contributed by atoms with E-state index in [0.717, 1.165) is 16.3 Å². The molecule has 19 heavy (non-hydrogen) atoms. The molecule has 9 heteroatoms. The third kappa shape index (κ3) is 4.15. The topological polar surface area (TPSA) is 100 Å². The van der Waals surface area contributed by atoms with Gasteiger partial charge in [-0.05, 0) is 30.7 Å². The largest absolute Gasteiger partial charge is 1.00 e. The fourth-order valence-electron chi connectivity index (χ4n) is 1.22. The molecule has 0 bridgehead atoms. The van der Waals surface area contributed by atoms with Crippen molar-refractivity contribution in [2.45, 2.75) is 18.2 Å². The minimum atomic E-state index is -3.75. The summed E-state index contributed by atoms with van der Waals surface area (Å²) >= 11 is 1.16. The zero-order valence-electron chi connectivity index (χ0n) is 10.6. The van der Waals surface area contributed by atoms with Gasteiger partial charge < -0.3 is 15.6 Å². The van der Waals surface area contributed by atoms with Crippen LogP contribution in [0.3, 0.4) is 0 Å². The second-order valence-electron chi connectivity index (χ2n) is 3.47. The first-order valence-corrected chi connectivity index (χ1v) is 7.43. The number of hydrogen-bond donors (Lipinski definition) is 1. The summed E-state index contributed by atoms with van der Waals surface area (Å²) in [5, 5.41) is 8.42. The second kappa shape index (κ2) is 6.67. The average molecular weight is 306 g/mol. The number of aryl methyl sites for hydroxylation is 1. The molecule has 2 N–H and O–H groups in total. The van der Waals surface area contributed by atoms with E-state index in [1.165, 1.54) is 24.3 Å². The fourth-order valence-corrected chi connectivity index (χ4v) is 3.01. The number of sulfonamides is 1. The zero-order chi connectivity index (χ0) is 13.2. The van der Waals surface area contributed by atoms with Crippen LogP contribution in [0.5, 0.6) is 0 Å². The Morgan fingerprint density at radius 1 is 1.26 bits per heavy atom. The van der Waals surface area contributed by atoms with E-state index in [4.69, 9.17) is 5.73 Å². The van der Waals surface area contributed by atoms with Crippen molar-refractivity contribution >= 4 is 32.2 Å². The van der Waals surface area contributed by atoms with Crippen molar-refractivity contribution < 1.29 is 38.0 Å². The smallest absolute Gasteiger partial charge is 0.399 e. The molecule has 0 aliphatic heterocycles. The minimum absolute atomic E-state index is 0. The third-order valence-corrected chi connectivity index (χ3v) is 4.49. The number of nitrogens with zero attached hydrogens (tertiary/aromatic N) is 3. The molecule has 0 amide bonds. The van der Waals surface area contributed by atoms with E-state index < -0.39 is 10.0 Å². The van der Waals surface area contributed by atoms with Crippen LogP contribution in [0.2, 0.25) is 0 Å². The summed E-state index contributed by atoms with van der Waals surface area (Å²) in [5.74, 6) is 0. The maximum Gasteiger partial charge on any atom is 1.00 e. The quantitative estimate of drug-likeness (QED) is 0.582. The molecule has 6 nitrogen and oxygen atoms in total. The van der Waals surface area contributed by atoms with Crippen molar-refractivity contribution in [2.75, 3.05) is 5.73 Å². The van der Waals surface area contributed by atoms with Gasteiger partial charge in [-0.25, -0.2) is 8.42 Å². The fraction of sp³-hybridized carbons (Fsp3) is 0.200. The van der Waals surface area contributed by atoms with Crippen molar-refractivity contribution in [1.29, 1.82) is 0 Å². The van der Waals surface area contributed by atoms with E-state index in [1.807, 2.05) is 6.92 Å². The Kier molecular flexibility index (Phi) is 5.75. The summed E-state index contributed by atoms with van der Waals surface area (Å²) in [6, 6.07) is 5.85. The van der Waals surface area contributed by atoms with Gasteiger partial charge in [0, 0.05) is 10.8 Å². The molecule has 2 rings (SSSR count). The van der Waals surface area contributed by atoms with Crippen molar-refractivity contribution in [3.05, 3.63) is 34.0 Å². The molecule has 0 unspecified atom stereocenters. The maximum absolute atomic E-state index is 11.9. The first kappa shape index (κ1) is 16.4. The Morgan fingerprint density at radius 3 is 2.42 bits per heavy atom. The zero-order valence-corrected chi connectivity index (χ0v) is 14.2. The van der Waals surface area contributed by atoms with Crippen LogP contribution in [0.15, 0.2) is 29.2 Å². The molecule has 0 aliphatic carbocycles. The van der Waals surface area contributed by atoms with Gasteiger partial charge in [-0.2, -0.15) is 0 Å². The molecule has 0 atom stereocenters. The van der Waals surface area contributed by atoms with Crippen LogP contribution in [0, 0.1) is 0 Å². The van der Waals surface area contributed by atoms with Gasteiger partial charge >= 0.3 is 29.6 Å². The predicted octanol–water partition coefficient (Wildman–Crippen LogP) is -0.919. The molecule has 0 saturated heterocycles. The Morgan fingerprint density at radius 2 is 1.89 bits per heavy atom. The molecule has 0 fully saturated rings. The summed E-state index contributed by atoms with van der Waals surface area (Å²) in [7, 11) is -3.75. The van der Waals surface area contributed by atoms with Crippen LogP contribution in [0.25, 0.3) is 4.72 Å². The summed E-state index contributed by atoms with van der Waals surface area (Å²) < 4.78 is 27.5. The van der Waals surface area contributed by atoms with E-state index in [1.54, 1.807) is 0 Å².